The molecule has 0 bridgehead atoms. The summed E-state index contributed by atoms with van der Waals surface area (Å²) in [5.74, 6) is -0.591. The number of imide groups is 1. The van der Waals surface area contributed by atoms with Crippen LogP contribution in [0.25, 0.3) is 22.1 Å². The zero-order valence-electron chi connectivity index (χ0n) is 14.3. The van der Waals surface area contributed by atoms with Crippen LogP contribution in [0, 0.1) is 6.92 Å². The lowest BCUT2D eigenvalue weighted by Gasteiger charge is -2.27. The Morgan fingerprint density at radius 3 is 2.52 bits per heavy atom. The van der Waals surface area contributed by atoms with Crippen molar-refractivity contribution >= 4 is 22.8 Å². The van der Waals surface area contributed by atoms with Crippen molar-refractivity contribution in [3.8, 4) is 11.1 Å². The summed E-state index contributed by atoms with van der Waals surface area (Å²) in [5.41, 5.74) is 5.06. The number of likely N-dealkylation sites (tertiary alicyclic amines) is 1. The maximum Gasteiger partial charge on any atom is 0.236 e. The molecule has 1 unspecified atom stereocenters. The molecule has 2 heterocycles. The Bertz CT molecular complexity index is 968. The molecule has 1 saturated heterocycles. The molecule has 1 aliphatic heterocycles. The highest BCUT2D eigenvalue weighted by Gasteiger charge is 2.34. The fraction of sp³-hybridized carbons (Fsp3) is 0.238. The van der Waals surface area contributed by atoms with Crippen LogP contribution in [0.15, 0.2) is 53.1 Å². The minimum atomic E-state index is -0.322. The molecule has 0 saturated carbocycles. The molecule has 0 radical (unpaired) electrons. The molecule has 1 aliphatic rings. The number of piperidine rings is 1. The van der Waals surface area contributed by atoms with E-state index in [4.69, 9.17) is 4.42 Å². The molecule has 0 spiro atoms. The third-order valence-electron chi connectivity index (χ3n) is 5.01. The predicted octanol–water partition coefficient (Wildman–Crippen LogP) is 4.27. The van der Waals surface area contributed by atoms with Gasteiger partial charge in [0.25, 0.3) is 0 Å². The first-order valence-electron chi connectivity index (χ1n) is 8.43. The normalized spacial score (nSPS) is 18.2. The largest absolute Gasteiger partial charge is 0.464 e. The molecular formula is C21H19NO3. The Kier molecular flexibility index (Phi) is 3.68. The molecule has 1 aromatic heterocycles. The predicted molar refractivity (Wildman–Crippen MR) is 96.1 cm³/mol. The molecule has 25 heavy (non-hydrogen) atoms. The lowest BCUT2D eigenvalue weighted by atomic mass is 9.89. The second-order valence-corrected chi connectivity index (χ2v) is 6.65. The van der Waals surface area contributed by atoms with Crippen LogP contribution in [-0.4, -0.2) is 23.8 Å². The van der Waals surface area contributed by atoms with Crippen LogP contribution in [0.1, 0.15) is 29.9 Å². The van der Waals surface area contributed by atoms with Gasteiger partial charge in [-0.05, 0) is 36.6 Å². The second-order valence-electron chi connectivity index (χ2n) is 6.65. The van der Waals surface area contributed by atoms with Crippen LogP contribution in [-0.2, 0) is 9.59 Å². The van der Waals surface area contributed by atoms with Crippen molar-refractivity contribution in [2.45, 2.75) is 25.7 Å². The first-order valence-corrected chi connectivity index (χ1v) is 8.43. The quantitative estimate of drug-likeness (QED) is 0.658. The second kappa shape index (κ2) is 5.88. The monoisotopic (exact) mass is 333 g/mol. The van der Waals surface area contributed by atoms with Gasteiger partial charge in [0.2, 0.25) is 11.8 Å². The highest BCUT2D eigenvalue weighted by molar-refractivity contribution is 6.02. The minimum Gasteiger partial charge on any atom is -0.464 e. The number of fused-ring (bicyclic) bond motifs is 1. The zero-order chi connectivity index (χ0) is 17.6. The number of carbonyl (C=O) groups excluding carboxylic acids is 2. The van der Waals surface area contributed by atoms with Crippen molar-refractivity contribution in [1.82, 2.24) is 4.90 Å². The molecule has 0 aliphatic carbocycles. The molecule has 1 atom stereocenters. The number of hydrogen-bond donors (Lipinski definition) is 0. The molecule has 4 heteroatoms. The average molecular weight is 333 g/mol. The summed E-state index contributed by atoms with van der Waals surface area (Å²) in [6.07, 6.45) is 2.58. The maximum absolute atomic E-state index is 12.5. The van der Waals surface area contributed by atoms with E-state index in [9.17, 15) is 9.59 Å². The van der Waals surface area contributed by atoms with Gasteiger partial charge in [0.05, 0.1) is 12.2 Å². The first kappa shape index (κ1) is 15.6. The Hall–Kier alpha value is -2.88. The summed E-state index contributed by atoms with van der Waals surface area (Å²) in [5, 5.41) is 0.944. The van der Waals surface area contributed by atoms with E-state index in [-0.39, 0.29) is 17.7 Å². The fourth-order valence-corrected chi connectivity index (χ4v) is 3.45. The Morgan fingerprint density at radius 1 is 1.04 bits per heavy atom. The van der Waals surface area contributed by atoms with Crippen molar-refractivity contribution < 1.29 is 14.0 Å². The Morgan fingerprint density at radius 2 is 1.76 bits per heavy atom. The van der Waals surface area contributed by atoms with E-state index in [0.29, 0.717) is 12.8 Å². The summed E-state index contributed by atoms with van der Waals surface area (Å²) >= 11 is 0. The van der Waals surface area contributed by atoms with Gasteiger partial charge in [-0.15, -0.1) is 0 Å². The number of aryl methyl sites for hydroxylation is 1. The highest BCUT2D eigenvalue weighted by atomic mass is 16.3. The van der Waals surface area contributed by atoms with Crippen LogP contribution in [0.2, 0.25) is 0 Å². The highest BCUT2D eigenvalue weighted by Crippen LogP contribution is 2.36. The van der Waals surface area contributed by atoms with Crippen LogP contribution in [0.5, 0.6) is 0 Å². The number of hydrogen-bond acceptors (Lipinski definition) is 3. The van der Waals surface area contributed by atoms with E-state index < -0.39 is 0 Å². The molecule has 3 aromatic rings. The van der Waals surface area contributed by atoms with Gasteiger partial charge in [-0.25, -0.2) is 0 Å². The third-order valence-corrected chi connectivity index (χ3v) is 5.01. The van der Waals surface area contributed by atoms with E-state index in [1.165, 1.54) is 10.5 Å². The van der Waals surface area contributed by atoms with Crippen LogP contribution < -0.4 is 0 Å². The lowest BCUT2D eigenvalue weighted by molar-refractivity contribution is -0.147. The molecule has 4 nitrogen and oxygen atoms in total. The molecule has 1 fully saturated rings. The van der Waals surface area contributed by atoms with Gasteiger partial charge >= 0.3 is 0 Å². The topological polar surface area (TPSA) is 50.5 Å². The van der Waals surface area contributed by atoms with Gasteiger partial charge in [0.15, 0.2) is 0 Å². The summed E-state index contributed by atoms with van der Waals surface area (Å²) in [4.78, 5) is 25.5. The molecule has 4 rings (SSSR count). The van der Waals surface area contributed by atoms with Gasteiger partial charge in [-0.3, -0.25) is 14.5 Å². The SMILES string of the molecule is Cc1ccc(-c2ccc3occ(C4CCC(=O)N(C)C4=O)c3c2)cc1. The smallest absolute Gasteiger partial charge is 0.236 e. The maximum atomic E-state index is 12.5. The van der Waals surface area contributed by atoms with Crippen LogP contribution in [0.4, 0.5) is 0 Å². The molecule has 0 N–H and O–H groups in total. The molecule has 2 aromatic carbocycles. The van der Waals surface area contributed by atoms with Crippen molar-refractivity contribution in [2.24, 2.45) is 0 Å². The lowest BCUT2D eigenvalue weighted by Crippen LogP contribution is -2.41. The average Bonchev–Trinajstić information content (AvgIpc) is 3.03. The van der Waals surface area contributed by atoms with Crippen molar-refractivity contribution in [3.63, 3.8) is 0 Å². The standard InChI is InChI=1S/C21H19NO3/c1-13-3-5-14(6-4-13)15-7-9-19-17(11-15)18(12-25-19)16-8-10-20(23)22(2)21(16)24/h3-7,9,11-12,16H,8,10H2,1-2H3. The number of nitrogens with zero attached hydrogens (tertiary/aromatic N) is 1. The fourth-order valence-electron chi connectivity index (χ4n) is 3.45. The van der Waals surface area contributed by atoms with E-state index in [1.807, 2.05) is 12.1 Å². The summed E-state index contributed by atoms with van der Waals surface area (Å²) in [7, 11) is 1.55. The number of rotatable bonds is 2. The number of carbonyl (C=O) groups is 2. The molecule has 2 amide bonds. The van der Waals surface area contributed by atoms with Crippen molar-refractivity contribution in [1.29, 1.82) is 0 Å². The number of amides is 2. The van der Waals surface area contributed by atoms with E-state index in [1.54, 1.807) is 13.3 Å². The minimum absolute atomic E-state index is 0.116. The summed E-state index contributed by atoms with van der Waals surface area (Å²) < 4.78 is 5.67. The van der Waals surface area contributed by atoms with E-state index in [0.717, 1.165) is 27.7 Å². The van der Waals surface area contributed by atoms with Gasteiger partial charge < -0.3 is 4.42 Å². The van der Waals surface area contributed by atoms with Crippen LogP contribution >= 0.6 is 0 Å². The van der Waals surface area contributed by atoms with Crippen molar-refractivity contribution in [2.75, 3.05) is 7.05 Å². The molecule has 126 valence electrons. The summed E-state index contributed by atoms with van der Waals surface area (Å²) in [6, 6.07) is 14.4. The van der Waals surface area contributed by atoms with Gasteiger partial charge in [0, 0.05) is 24.4 Å². The first-order chi connectivity index (χ1) is 12.0. The Labute approximate surface area is 146 Å². The molecular weight excluding hydrogens is 314 g/mol. The van der Waals surface area contributed by atoms with Gasteiger partial charge in [-0.1, -0.05) is 35.9 Å². The van der Waals surface area contributed by atoms with E-state index in [2.05, 4.69) is 37.3 Å². The van der Waals surface area contributed by atoms with Crippen LogP contribution in [0.3, 0.4) is 0 Å². The summed E-state index contributed by atoms with van der Waals surface area (Å²) in [6.45, 7) is 2.06. The Balaban J connectivity index is 1.78. The third kappa shape index (κ3) is 2.64. The zero-order valence-corrected chi connectivity index (χ0v) is 14.3. The number of benzene rings is 2. The van der Waals surface area contributed by atoms with Crippen molar-refractivity contribution in [3.05, 3.63) is 59.9 Å². The number of likely N-dealkylation sites (N-methyl/N-ethyl adjacent to an activating group) is 1. The van der Waals surface area contributed by atoms with E-state index >= 15 is 0 Å². The van der Waals surface area contributed by atoms with Gasteiger partial charge in [0.1, 0.15) is 5.58 Å². The van der Waals surface area contributed by atoms with Gasteiger partial charge in [-0.2, -0.15) is 0 Å². The number of furan rings is 1.